The zero-order chi connectivity index (χ0) is 13.5. The van der Waals surface area contributed by atoms with Crippen LogP contribution in [0, 0.1) is 17.1 Å². The number of nitrogens with zero attached hydrogens (tertiary/aromatic N) is 3. The first-order valence-corrected chi connectivity index (χ1v) is 6.58. The Hall–Kier alpha value is -2.13. The summed E-state index contributed by atoms with van der Waals surface area (Å²) in [5.74, 6) is 0.601. The highest BCUT2D eigenvalue weighted by atomic mass is 32.2. The molecule has 0 aliphatic rings. The molecule has 0 unspecified atom stereocenters. The highest BCUT2D eigenvalue weighted by molar-refractivity contribution is 7.99. The molecule has 0 bridgehead atoms. The second kappa shape index (κ2) is 6.71. The fourth-order valence-electron chi connectivity index (χ4n) is 1.47. The summed E-state index contributed by atoms with van der Waals surface area (Å²) in [5.41, 5.74) is 0.560. The molecular formula is C13H11FN4S. The van der Waals surface area contributed by atoms with Gasteiger partial charge in [0.15, 0.2) is 5.82 Å². The largest absolute Gasteiger partial charge is 0.364 e. The third-order valence-corrected chi connectivity index (χ3v) is 3.19. The van der Waals surface area contributed by atoms with E-state index in [4.69, 9.17) is 5.26 Å². The number of nitrogens with one attached hydrogen (secondary N) is 1. The molecule has 1 aromatic heterocycles. The van der Waals surface area contributed by atoms with Gasteiger partial charge >= 0.3 is 0 Å². The minimum Gasteiger partial charge on any atom is -0.364 e. The maximum Gasteiger partial charge on any atom is 0.158 e. The summed E-state index contributed by atoms with van der Waals surface area (Å²) in [4.78, 5) is 8.29. The number of nitriles is 1. The van der Waals surface area contributed by atoms with Gasteiger partial charge in [-0.25, -0.2) is 14.4 Å². The molecule has 96 valence electrons. The average molecular weight is 274 g/mol. The maximum absolute atomic E-state index is 13.5. The van der Waals surface area contributed by atoms with Crippen LogP contribution in [0.2, 0.25) is 0 Å². The quantitative estimate of drug-likeness (QED) is 0.849. The lowest BCUT2D eigenvalue weighted by Gasteiger charge is -2.09. The lowest BCUT2D eigenvalue weighted by Crippen LogP contribution is -2.05. The van der Waals surface area contributed by atoms with Crippen LogP contribution in [0.3, 0.4) is 0 Å². The van der Waals surface area contributed by atoms with Gasteiger partial charge in [-0.3, -0.25) is 0 Å². The molecule has 0 amide bonds. The van der Waals surface area contributed by atoms with E-state index in [9.17, 15) is 4.39 Å². The van der Waals surface area contributed by atoms with Crippen molar-refractivity contribution in [2.45, 2.75) is 11.6 Å². The van der Waals surface area contributed by atoms with E-state index in [1.807, 2.05) is 6.07 Å². The number of halogens is 1. The van der Waals surface area contributed by atoms with Gasteiger partial charge in [0.1, 0.15) is 10.8 Å². The summed E-state index contributed by atoms with van der Waals surface area (Å²) in [6, 6.07) is 8.59. The first-order valence-electron chi connectivity index (χ1n) is 5.59. The van der Waals surface area contributed by atoms with Crippen LogP contribution in [0.25, 0.3) is 0 Å². The normalized spacial score (nSPS) is 9.89. The molecule has 0 radical (unpaired) electrons. The van der Waals surface area contributed by atoms with Gasteiger partial charge in [0.25, 0.3) is 0 Å². The van der Waals surface area contributed by atoms with Crippen molar-refractivity contribution in [3.8, 4) is 6.07 Å². The monoisotopic (exact) mass is 274 g/mol. The number of hydrogen-bond acceptors (Lipinski definition) is 5. The second-order valence-corrected chi connectivity index (χ2v) is 4.57. The van der Waals surface area contributed by atoms with Gasteiger partial charge in [0, 0.05) is 24.5 Å². The fraction of sp³-hybridized carbons (Fsp3) is 0.154. The summed E-state index contributed by atoms with van der Waals surface area (Å²) in [6.07, 6.45) is 3.12. The standard InChI is InChI=1S/C13H11FN4S/c14-11-4-2-1-3-10(11)9-18-12-13(19-8-5-15)17-7-6-16-12/h1-4,6-7H,8-9H2,(H,16,18). The molecule has 1 N–H and O–H groups in total. The highest BCUT2D eigenvalue weighted by Gasteiger charge is 2.06. The van der Waals surface area contributed by atoms with Crippen LogP contribution in [0.1, 0.15) is 5.56 Å². The van der Waals surface area contributed by atoms with Crippen LogP contribution >= 0.6 is 11.8 Å². The van der Waals surface area contributed by atoms with E-state index in [0.717, 1.165) is 0 Å². The van der Waals surface area contributed by atoms with Crippen molar-refractivity contribution < 1.29 is 4.39 Å². The summed E-state index contributed by atoms with van der Waals surface area (Å²) in [6.45, 7) is 0.325. The SMILES string of the molecule is N#CCSc1nccnc1NCc1ccccc1F. The van der Waals surface area contributed by atoms with Crippen LogP contribution in [0.15, 0.2) is 41.7 Å². The van der Waals surface area contributed by atoms with Crippen molar-refractivity contribution in [1.29, 1.82) is 5.26 Å². The molecule has 0 saturated heterocycles. The van der Waals surface area contributed by atoms with Crippen LogP contribution < -0.4 is 5.32 Å². The fourth-order valence-corrected chi connectivity index (χ4v) is 2.07. The third kappa shape index (κ3) is 3.66. The Bertz CT molecular complexity index is 597. The highest BCUT2D eigenvalue weighted by Crippen LogP contribution is 2.22. The summed E-state index contributed by atoms with van der Waals surface area (Å²) in [7, 11) is 0. The smallest absolute Gasteiger partial charge is 0.158 e. The molecule has 0 fully saturated rings. The van der Waals surface area contributed by atoms with Gasteiger partial charge in [-0.2, -0.15) is 5.26 Å². The Labute approximate surface area is 114 Å². The Morgan fingerprint density at radius 1 is 1.26 bits per heavy atom. The summed E-state index contributed by atoms with van der Waals surface area (Å²) >= 11 is 1.30. The molecule has 4 nitrogen and oxygen atoms in total. The van der Waals surface area contributed by atoms with E-state index in [0.29, 0.717) is 28.7 Å². The van der Waals surface area contributed by atoms with Gasteiger partial charge in [-0.1, -0.05) is 30.0 Å². The molecule has 0 saturated carbocycles. The minimum atomic E-state index is -0.259. The van der Waals surface area contributed by atoms with Crippen molar-refractivity contribution in [2.24, 2.45) is 0 Å². The topological polar surface area (TPSA) is 61.6 Å². The molecule has 2 rings (SSSR count). The number of benzene rings is 1. The van der Waals surface area contributed by atoms with Crippen LogP contribution in [0.4, 0.5) is 10.2 Å². The van der Waals surface area contributed by atoms with Crippen molar-refractivity contribution in [3.63, 3.8) is 0 Å². The Morgan fingerprint density at radius 2 is 2.05 bits per heavy atom. The Kier molecular flexibility index (Phi) is 4.70. The second-order valence-electron chi connectivity index (χ2n) is 3.60. The number of hydrogen-bond donors (Lipinski definition) is 1. The van der Waals surface area contributed by atoms with Gasteiger partial charge in [-0.15, -0.1) is 0 Å². The van der Waals surface area contributed by atoms with Crippen molar-refractivity contribution in [1.82, 2.24) is 9.97 Å². The lowest BCUT2D eigenvalue weighted by molar-refractivity contribution is 0.612. The predicted molar refractivity (Wildman–Crippen MR) is 72.1 cm³/mol. The molecular weight excluding hydrogens is 263 g/mol. The van der Waals surface area contributed by atoms with Gasteiger partial charge < -0.3 is 5.32 Å². The number of aromatic nitrogens is 2. The predicted octanol–water partition coefficient (Wildman–Crippen LogP) is 2.84. The van der Waals surface area contributed by atoms with E-state index < -0.39 is 0 Å². The van der Waals surface area contributed by atoms with E-state index in [1.54, 1.807) is 30.6 Å². The van der Waals surface area contributed by atoms with E-state index in [2.05, 4.69) is 15.3 Å². The molecule has 2 aromatic rings. The summed E-state index contributed by atoms with van der Waals surface area (Å²) < 4.78 is 13.5. The van der Waals surface area contributed by atoms with E-state index >= 15 is 0 Å². The number of thioether (sulfide) groups is 1. The molecule has 1 aromatic carbocycles. The van der Waals surface area contributed by atoms with Crippen LogP contribution in [-0.4, -0.2) is 15.7 Å². The number of rotatable bonds is 5. The Morgan fingerprint density at radius 3 is 2.84 bits per heavy atom. The molecule has 19 heavy (non-hydrogen) atoms. The molecule has 0 aliphatic carbocycles. The minimum absolute atomic E-state index is 0.259. The van der Waals surface area contributed by atoms with Gasteiger partial charge in [-0.05, 0) is 6.07 Å². The van der Waals surface area contributed by atoms with Crippen molar-refractivity contribution in [3.05, 3.63) is 48.0 Å². The summed E-state index contributed by atoms with van der Waals surface area (Å²) in [5, 5.41) is 12.2. The van der Waals surface area contributed by atoms with Crippen LogP contribution in [0.5, 0.6) is 0 Å². The molecule has 0 atom stereocenters. The van der Waals surface area contributed by atoms with Gasteiger partial charge in [0.05, 0.1) is 11.8 Å². The third-order valence-electron chi connectivity index (χ3n) is 2.34. The van der Waals surface area contributed by atoms with Crippen molar-refractivity contribution in [2.75, 3.05) is 11.1 Å². The first-order chi connectivity index (χ1) is 9.31. The first kappa shape index (κ1) is 13.3. The number of anilines is 1. The molecule has 0 aliphatic heterocycles. The lowest BCUT2D eigenvalue weighted by atomic mass is 10.2. The maximum atomic E-state index is 13.5. The van der Waals surface area contributed by atoms with Gasteiger partial charge in [0.2, 0.25) is 0 Å². The Balaban J connectivity index is 2.07. The molecule has 1 heterocycles. The average Bonchev–Trinajstić information content (AvgIpc) is 2.45. The van der Waals surface area contributed by atoms with E-state index in [1.165, 1.54) is 17.8 Å². The van der Waals surface area contributed by atoms with Crippen LogP contribution in [-0.2, 0) is 6.54 Å². The zero-order valence-electron chi connectivity index (χ0n) is 10.0. The van der Waals surface area contributed by atoms with Crippen molar-refractivity contribution >= 4 is 17.6 Å². The molecule has 0 spiro atoms. The molecule has 6 heteroatoms. The van der Waals surface area contributed by atoms with E-state index in [-0.39, 0.29) is 5.82 Å². The zero-order valence-corrected chi connectivity index (χ0v) is 10.8.